The summed E-state index contributed by atoms with van der Waals surface area (Å²) in [5, 5.41) is 0. The molecule has 0 aromatic rings. The average Bonchev–Trinajstić information content (AvgIpc) is 2.33. The van der Waals surface area contributed by atoms with Crippen molar-refractivity contribution in [3.8, 4) is 0 Å². The van der Waals surface area contributed by atoms with Crippen molar-refractivity contribution < 1.29 is 22.0 Å². The summed E-state index contributed by atoms with van der Waals surface area (Å²) in [6.45, 7) is 2.22. The molecule has 120 valence electrons. The highest BCUT2D eigenvalue weighted by molar-refractivity contribution is 4.75. The fraction of sp³-hybridized carbons (Fsp3) is 1.00. The minimum absolute atomic E-state index is 0.0312. The van der Waals surface area contributed by atoms with Crippen LogP contribution in [0.4, 0.5) is 22.0 Å². The molecule has 0 bridgehead atoms. The number of hydrogen-bond donors (Lipinski definition) is 0. The van der Waals surface area contributed by atoms with Gasteiger partial charge in [0, 0.05) is 25.9 Å². The Bertz CT molecular complexity index is 275. The van der Waals surface area contributed by atoms with Crippen LogP contribution in [0, 0.1) is 5.92 Å². The number of piperidine rings is 2. The summed E-state index contributed by atoms with van der Waals surface area (Å²) < 4.78 is 60.9. The number of halogens is 5. The van der Waals surface area contributed by atoms with Crippen LogP contribution in [0.3, 0.4) is 0 Å². The van der Waals surface area contributed by atoms with E-state index >= 15 is 0 Å². The fourth-order valence-electron chi connectivity index (χ4n) is 2.28. The molecular weight excluding hydrogens is 279 g/mol. The van der Waals surface area contributed by atoms with Crippen molar-refractivity contribution in [2.24, 2.45) is 5.92 Å². The van der Waals surface area contributed by atoms with Crippen molar-refractivity contribution in [2.45, 2.75) is 37.8 Å². The van der Waals surface area contributed by atoms with Crippen molar-refractivity contribution in [3.05, 3.63) is 0 Å². The molecule has 20 heavy (non-hydrogen) atoms. The number of rotatable bonds is 0. The lowest BCUT2D eigenvalue weighted by Gasteiger charge is -2.30. The van der Waals surface area contributed by atoms with Crippen LogP contribution in [0.1, 0.15) is 25.7 Å². The quantitative estimate of drug-likeness (QED) is 0.634. The monoisotopic (exact) mass is 302 g/mol. The third-order valence-corrected chi connectivity index (χ3v) is 3.90. The molecule has 2 saturated heterocycles. The second-order valence-corrected chi connectivity index (χ2v) is 5.78. The summed E-state index contributed by atoms with van der Waals surface area (Å²) in [5.41, 5.74) is 0. The van der Waals surface area contributed by atoms with Gasteiger partial charge >= 0.3 is 6.18 Å². The summed E-state index contributed by atoms with van der Waals surface area (Å²) in [6.07, 6.45) is -3.38. The van der Waals surface area contributed by atoms with Gasteiger partial charge in [0.25, 0.3) is 5.92 Å². The maximum atomic E-state index is 12.4. The van der Waals surface area contributed by atoms with E-state index in [2.05, 4.69) is 0 Å². The minimum Gasteiger partial charge on any atom is -0.306 e. The van der Waals surface area contributed by atoms with Gasteiger partial charge in [0.2, 0.25) is 0 Å². The van der Waals surface area contributed by atoms with Gasteiger partial charge < -0.3 is 9.80 Å². The first-order chi connectivity index (χ1) is 9.10. The van der Waals surface area contributed by atoms with E-state index in [0.717, 1.165) is 0 Å². The molecule has 0 atom stereocenters. The summed E-state index contributed by atoms with van der Waals surface area (Å²) in [4.78, 5) is 3.86. The first-order valence-corrected chi connectivity index (χ1v) is 6.92. The number of nitrogens with zero attached hydrogens (tertiary/aromatic N) is 2. The lowest BCUT2D eigenvalue weighted by atomic mass is 9.97. The maximum absolute atomic E-state index is 12.4. The van der Waals surface area contributed by atoms with Crippen molar-refractivity contribution in [2.75, 3.05) is 40.3 Å². The first kappa shape index (κ1) is 17.6. The molecule has 0 spiro atoms. The van der Waals surface area contributed by atoms with E-state index in [1.165, 1.54) is 0 Å². The highest BCUT2D eigenvalue weighted by atomic mass is 19.4. The molecule has 0 aromatic carbocycles. The molecule has 2 fully saturated rings. The van der Waals surface area contributed by atoms with E-state index in [-0.39, 0.29) is 25.7 Å². The zero-order chi connectivity index (χ0) is 15.4. The normalized spacial score (nSPS) is 25.9. The van der Waals surface area contributed by atoms with Gasteiger partial charge in [-0.05, 0) is 40.0 Å². The van der Waals surface area contributed by atoms with Crippen molar-refractivity contribution in [1.82, 2.24) is 9.80 Å². The van der Waals surface area contributed by atoms with E-state index in [4.69, 9.17) is 0 Å². The predicted octanol–water partition coefficient (Wildman–Crippen LogP) is 3.24. The molecule has 2 nitrogen and oxygen atoms in total. The Balaban J connectivity index is 0.000000204. The molecule has 0 amide bonds. The van der Waals surface area contributed by atoms with Crippen molar-refractivity contribution >= 4 is 0 Å². The van der Waals surface area contributed by atoms with Crippen LogP contribution in [0.15, 0.2) is 0 Å². The lowest BCUT2D eigenvalue weighted by Crippen LogP contribution is -2.36. The van der Waals surface area contributed by atoms with Gasteiger partial charge in [0.05, 0.1) is 5.92 Å². The van der Waals surface area contributed by atoms with Gasteiger partial charge in [-0.15, -0.1) is 0 Å². The number of hydrogen-bond acceptors (Lipinski definition) is 2. The van der Waals surface area contributed by atoms with Crippen molar-refractivity contribution in [1.29, 1.82) is 0 Å². The standard InChI is InChI=1S/C7H12F3N.C6H11F2N/c1-11-4-2-6(3-5-11)7(8,9)10;1-9-4-2-6(7,8)3-5-9/h6H,2-5H2,1H3;2-5H2,1H3. The van der Waals surface area contributed by atoms with Crippen LogP contribution in [0.5, 0.6) is 0 Å². The number of likely N-dealkylation sites (tertiary alicyclic amines) is 2. The number of alkyl halides is 5. The van der Waals surface area contributed by atoms with E-state index in [9.17, 15) is 22.0 Å². The third-order valence-electron chi connectivity index (χ3n) is 3.90. The van der Waals surface area contributed by atoms with E-state index in [0.29, 0.717) is 26.2 Å². The highest BCUT2D eigenvalue weighted by Gasteiger charge is 2.40. The smallest absolute Gasteiger partial charge is 0.306 e. The van der Waals surface area contributed by atoms with Crippen LogP contribution in [0.25, 0.3) is 0 Å². The van der Waals surface area contributed by atoms with Crippen LogP contribution in [0.2, 0.25) is 0 Å². The average molecular weight is 302 g/mol. The van der Waals surface area contributed by atoms with E-state index in [1.807, 2.05) is 23.9 Å². The van der Waals surface area contributed by atoms with Crippen LogP contribution >= 0.6 is 0 Å². The molecule has 2 heterocycles. The zero-order valence-corrected chi connectivity index (χ0v) is 12.0. The van der Waals surface area contributed by atoms with Crippen LogP contribution in [-0.4, -0.2) is 62.2 Å². The summed E-state index contributed by atoms with van der Waals surface area (Å²) in [7, 11) is 3.72. The third kappa shape index (κ3) is 6.35. The summed E-state index contributed by atoms with van der Waals surface area (Å²) >= 11 is 0. The Labute approximate surface area is 116 Å². The molecule has 0 aromatic heterocycles. The Morgan fingerprint density at radius 1 is 0.850 bits per heavy atom. The van der Waals surface area contributed by atoms with Gasteiger partial charge in [0.1, 0.15) is 0 Å². The van der Waals surface area contributed by atoms with E-state index in [1.54, 1.807) is 0 Å². The second kappa shape index (κ2) is 7.02. The Hall–Kier alpha value is -0.430. The highest BCUT2D eigenvalue weighted by Crippen LogP contribution is 2.33. The van der Waals surface area contributed by atoms with Gasteiger partial charge in [-0.25, -0.2) is 8.78 Å². The summed E-state index contributed by atoms with van der Waals surface area (Å²) in [6, 6.07) is 0. The fourth-order valence-corrected chi connectivity index (χ4v) is 2.28. The molecule has 2 aliphatic heterocycles. The van der Waals surface area contributed by atoms with E-state index < -0.39 is 18.0 Å². The largest absolute Gasteiger partial charge is 0.391 e. The SMILES string of the molecule is CN1CCC(C(F)(F)F)CC1.CN1CCC(F)(F)CC1. The Kier molecular flexibility index (Phi) is 6.19. The molecule has 0 radical (unpaired) electrons. The molecule has 0 saturated carbocycles. The topological polar surface area (TPSA) is 6.48 Å². The molecule has 0 aliphatic carbocycles. The zero-order valence-electron chi connectivity index (χ0n) is 12.0. The van der Waals surface area contributed by atoms with Gasteiger partial charge in [-0.2, -0.15) is 13.2 Å². The van der Waals surface area contributed by atoms with Crippen LogP contribution in [-0.2, 0) is 0 Å². The van der Waals surface area contributed by atoms with Crippen molar-refractivity contribution in [3.63, 3.8) is 0 Å². The van der Waals surface area contributed by atoms with Gasteiger partial charge in [-0.1, -0.05) is 0 Å². The molecule has 2 aliphatic rings. The molecule has 7 heteroatoms. The van der Waals surface area contributed by atoms with Gasteiger partial charge in [0.15, 0.2) is 0 Å². The minimum atomic E-state index is -3.97. The maximum Gasteiger partial charge on any atom is 0.391 e. The predicted molar refractivity (Wildman–Crippen MR) is 68.0 cm³/mol. The summed E-state index contributed by atoms with van der Waals surface area (Å²) in [5.74, 6) is -3.44. The lowest BCUT2D eigenvalue weighted by molar-refractivity contribution is -0.184. The molecule has 0 unspecified atom stereocenters. The molecular formula is C13H23F5N2. The Morgan fingerprint density at radius 2 is 1.25 bits per heavy atom. The second-order valence-electron chi connectivity index (χ2n) is 5.78. The molecule has 0 N–H and O–H groups in total. The van der Waals surface area contributed by atoms with Crippen LogP contribution < -0.4 is 0 Å². The first-order valence-electron chi connectivity index (χ1n) is 6.92. The van der Waals surface area contributed by atoms with Gasteiger partial charge in [-0.3, -0.25) is 0 Å². The molecule has 2 rings (SSSR count). The Morgan fingerprint density at radius 3 is 1.60 bits per heavy atom.